The van der Waals surface area contributed by atoms with Crippen LogP contribution in [0.3, 0.4) is 0 Å². The van der Waals surface area contributed by atoms with Crippen LogP contribution >= 0.6 is 0 Å². The summed E-state index contributed by atoms with van der Waals surface area (Å²) in [5, 5.41) is 23.1. The maximum absolute atomic E-state index is 16.5. The number of anilines is 1. The number of aromatic hydroxyl groups is 1. The number of carbonyl (C=O) groups excluding carboxylic acids is 5. The van der Waals surface area contributed by atoms with E-state index in [2.05, 4.69) is 17.2 Å². The molecule has 13 nitrogen and oxygen atoms in total. The number of imide groups is 1. The summed E-state index contributed by atoms with van der Waals surface area (Å²) in [6.07, 6.45) is 3.56. The Labute approximate surface area is 373 Å². The average Bonchev–Trinajstić information content (AvgIpc) is 3.74. The number of methoxy groups -OCH3 is 1. The van der Waals surface area contributed by atoms with Crippen LogP contribution in [0.1, 0.15) is 98.4 Å². The van der Waals surface area contributed by atoms with E-state index < -0.39 is 77.3 Å². The third-order valence-corrected chi connectivity index (χ3v) is 13.2. The molecular formula is C51H54N4O9. The molecule has 4 aliphatic heterocycles. The number of aliphatic hydroxyl groups excluding tert-OH is 1. The molecule has 4 aliphatic rings. The molecule has 4 aromatic carbocycles. The summed E-state index contributed by atoms with van der Waals surface area (Å²) in [4.78, 5) is 80.6. The normalized spacial score (nSPS) is 24.7. The van der Waals surface area contributed by atoms with Crippen LogP contribution in [0.5, 0.6) is 5.75 Å². The van der Waals surface area contributed by atoms with E-state index in [4.69, 9.17) is 9.47 Å². The predicted molar refractivity (Wildman–Crippen MR) is 237 cm³/mol. The third-order valence-electron chi connectivity index (χ3n) is 13.2. The van der Waals surface area contributed by atoms with E-state index in [1.807, 2.05) is 65.6 Å². The average molecular weight is 867 g/mol. The van der Waals surface area contributed by atoms with Crippen LogP contribution in [0, 0.1) is 23.7 Å². The molecule has 3 saturated heterocycles. The van der Waals surface area contributed by atoms with Crippen LogP contribution < -0.4 is 10.2 Å². The van der Waals surface area contributed by atoms with E-state index in [0.29, 0.717) is 29.8 Å². The fourth-order valence-corrected chi connectivity index (χ4v) is 10.3. The third kappa shape index (κ3) is 7.79. The number of phenolic OH excluding ortho intramolecular Hbond substituents is 1. The Morgan fingerprint density at radius 3 is 2.11 bits per heavy atom. The van der Waals surface area contributed by atoms with Gasteiger partial charge in [-0.25, -0.2) is 14.5 Å². The fraction of sp³-hybridized carbons (Fsp3) is 0.392. The van der Waals surface area contributed by atoms with Crippen molar-refractivity contribution in [2.75, 3.05) is 31.7 Å². The molecule has 0 aliphatic carbocycles. The Morgan fingerprint density at radius 2 is 1.48 bits per heavy atom. The Balaban J connectivity index is 1.46. The lowest BCUT2D eigenvalue weighted by molar-refractivity contribution is -0.179. The predicted octanol–water partition coefficient (Wildman–Crippen LogP) is 6.49. The maximum Gasteiger partial charge on any atom is 0.329 e. The number of urea groups is 1. The molecule has 3 N–H and O–H groups in total. The van der Waals surface area contributed by atoms with Gasteiger partial charge in [0.1, 0.15) is 29.4 Å². The van der Waals surface area contributed by atoms with Crippen LogP contribution in [0.25, 0.3) is 0 Å². The van der Waals surface area contributed by atoms with Crippen LogP contribution in [-0.4, -0.2) is 88.7 Å². The number of hydrogen-bond acceptors (Lipinski definition) is 10. The van der Waals surface area contributed by atoms with Crippen LogP contribution in [0.4, 0.5) is 10.5 Å². The number of cyclic esters (lactones) is 1. The van der Waals surface area contributed by atoms with Gasteiger partial charge in [-0.15, -0.1) is 0 Å². The topological polar surface area (TPSA) is 166 Å². The van der Waals surface area contributed by atoms with Gasteiger partial charge in [0, 0.05) is 25.1 Å². The Bertz CT molecular complexity index is 2440. The first kappa shape index (κ1) is 44.1. The van der Waals surface area contributed by atoms with Crippen molar-refractivity contribution in [3.63, 3.8) is 0 Å². The van der Waals surface area contributed by atoms with E-state index in [9.17, 15) is 19.8 Å². The second-order valence-corrected chi connectivity index (χ2v) is 17.3. The number of morpholine rings is 1. The minimum absolute atomic E-state index is 0.0384. The van der Waals surface area contributed by atoms with Crippen molar-refractivity contribution in [3.05, 3.63) is 131 Å². The van der Waals surface area contributed by atoms with E-state index in [-0.39, 0.29) is 30.0 Å². The number of phenols is 1. The number of ether oxygens (including phenoxy) is 2. The first-order valence-electron chi connectivity index (χ1n) is 22.2. The molecule has 13 heteroatoms. The van der Waals surface area contributed by atoms with Crippen molar-refractivity contribution in [2.24, 2.45) is 11.8 Å². The van der Waals surface area contributed by atoms with Crippen LogP contribution in [0.2, 0.25) is 0 Å². The molecular weight excluding hydrogens is 813 g/mol. The van der Waals surface area contributed by atoms with Gasteiger partial charge < -0.3 is 29.9 Å². The van der Waals surface area contributed by atoms with Crippen molar-refractivity contribution in [1.29, 1.82) is 0 Å². The van der Waals surface area contributed by atoms with Crippen molar-refractivity contribution in [3.8, 4) is 17.6 Å². The minimum atomic E-state index is -2.02. The number of hydrogen-bond donors (Lipinski definition) is 3. The number of fused-ring (bicyclic) bond motifs is 3. The quantitative estimate of drug-likeness (QED) is 0.132. The Kier molecular flexibility index (Phi) is 12.9. The van der Waals surface area contributed by atoms with Crippen molar-refractivity contribution >= 4 is 35.5 Å². The number of carbonyl (C=O) groups is 5. The van der Waals surface area contributed by atoms with Gasteiger partial charge in [-0.3, -0.25) is 19.3 Å². The van der Waals surface area contributed by atoms with Gasteiger partial charge in [-0.2, -0.15) is 0 Å². The highest BCUT2D eigenvalue weighted by molar-refractivity contribution is 6.25. The second kappa shape index (κ2) is 18.7. The Morgan fingerprint density at radius 1 is 0.844 bits per heavy atom. The number of nitrogens with zero attached hydrogens (tertiary/aromatic N) is 3. The summed E-state index contributed by atoms with van der Waals surface area (Å²) in [5.74, 6) is 1.53. The van der Waals surface area contributed by atoms with Crippen molar-refractivity contribution in [1.82, 2.24) is 15.1 Å². The molecule has 7 atom stereocenters. The van der Waals surface area contributed by atoms with Gasteiger partial charge in [0.2, 0.25) is 11.8 Å². The maximum atomic E-state index is 16.5. The van der Waals surface area contributed by atoms with Gasteiger partial charge >= 0.3 is 18.0 Å². The zero-order chi connectivity index (χ0) is 45.1. The summed E-state index contributed by atoms with van der Waals surface area (Å²) >= 11 is 0. The minimum Gasteiger partial charge on any atom is -0.508 e. The van der Waals surface area contributed by atoms with Gasteiger partial charge in [-0.05, 0) is 71.3 Å². The lowest BCUT2D eigenvalue weighted by Gasteiger charge is -2.46. The number of likely N-dealkylation sites (tertiary alicyclic amines) is 1. The van der Waals surface area contributed by atoms with E-state index >= 15 is 14.4 Å². The second-order valence-electron chi connectivity index (χ2n) is 17.3. The fourth-order valence-electron chi connectivity index (χ4n) is 10.3. The van der Waals surface area contributed by atoms with Gasteiger partial charge in [-0.1, -0.05) is 118 Å². The molecule has 0 unspecified atom stereocenters. The largest absolute Gasteiger partial charge is 0.508 e. The number of benzene rings is 4. The molecule has 4 amide bonds. The smallest absolute Gasteiger partial charge is 0.329 e. The highest BCUT2D eigenvalue weighted by atomic mass is 16.6. The van der Waals surface area contributed by atoms with Gasteiger partial charge in [0.05, 0.1) is 37.4 Å². The van der Waals surface area contributed by atoms with E-state index in [1.54, 1.807) is 49.1 Å². The molecule has 4 heterocycles. The summed E-state index contributed by atoms with van der Waals surface area (Å²) < 4.78 is 11.6. The number of nitrogens with one attached hydrogen (secondary N) is 1. The lowest BCUT2D eigenvalue weighted by atomic mass is 9.64. The van der Waals surface area contributed by atoms with Gasteiger partial charge in [0.25, 0.3) is 0 Å². The van der Waals surface area contributed by atoms with Crippen LogP contribution in [-0.2, 0) is 34.1 Å². The molecule has 0 aromatic heterocycles. The number of amides is 4. The highest BCUT2D eigenvalue weighted by Crippen LogP contribution is 2.66. The summed E-state index contributed by atoms with van der Waals surface area (Å²) in [5.41, 5.74) is 0.835. The number of rotatable bonds is 8. The van der Waals surface area contributed by atoms with E-state index in [0.717, 1.165) is 42.6 Å². The van der Waals surface area contributed by atoms with Crippen molar-refractivity contribution < 1.29 is 43.7 Å². The monoisotopic (exact) mass is 866 g/mol. The molecule has 4 aromatic rings. The molecule has 3 fully saturated rings. The Hall–Kier alpha value is -6.49. The first-order valence-corrected chi connectivity index (χ1v) is 22.2. The molecule has 332 valence electrons. The standard InChI is InChI=1S/C51H54N4O9/c1-32(2)41(47(59)63-3)52-50(62)54-39-27-22-33(17-13-16-30-56)31-38(39)51(49(54)61)40(46(58)53-28-14-5-4-6-15-29-53)43-48(60)64-44(35-20-11-8-12-21-35)42(34-18-9-7-10-19-34)55(43)45(51)36-23-25-37(57)26-24-36/h7-12,18-27,31-32,40-45,56-57H,4-6,14-16,28-30H2,1-3H3,(H,52,62)/t40-,41-,42-,43-,44+,45+,51-/m0/s1. The van der Waals surface area contributed by atoms with Gasteiger partial charge in [0.15, 0.2) is 0 Å². The van der Waals surface area contributed by atoms with Crippen molar-refractivity contribution in [2.45, 2.75) is 88.1 Å². The number of esters is 2. The lowest BCUT2D eigenvalue weighted by Crippen LogP contribution is -2.58. The first-order chi connectivity index (χ1) is 31.0. The summed E-state index contributed by atoms with van der Waals surface area (Å²) in [6, 6.07) is 24.9. The SMILES string of the molecule is COC(=O)[C@@H](NC(=O)N1C(=O)[C@@]2(c3cc(C#CCCO)ccc31)[C@H](C(=O)N1CCCCCCC1)[C@H]1C(=O)O[C@H](c3ccccc3)[C@H](c3ccccc3)N1[C@@H]2c1ccc(O)cc1)C(C)C. The summed E-state index contributed by atoms with van der Waals surface area (Å²) in [7, 11) is 1.22. The van der Waals surface area contributed by atoms with Crippen LogP contribution in [0.15, 0.2) is 103 Å². The molecule has 8 rings (SSSR count). The summed E-state index contributed by atoms with van der Waals surface area (Å²) in [6.45, 7) is 4.11. The zero-order valence-corrected chi connectivity index (χ0v) is 36.3. The molecule has 0 radical (unpaired) electrons. The highest BCUT2D eigenvalue weighted by Gasteiger charge is 2.76. The number of aliphatic hydroxyl groups is 1. The molecule has 0 saturated carbocycles. The molecule has 0 bridgehead atoms. The zero-order valence-electron chi connectivity index (χ0n) is 36.3. The molecule has 1 spiro atoms. The van der Waals surface area contributed by atoms with E-state index in [1.165, 1.54) is 19.2 Å². The molecule has 64 heavy (non-hydrogen) atoms.